The number of alkyl halides is 3. The first kappa shape index (κ1) is 25.7. The molecular weight excluding hydrogens is 549 g/mol. The van der Waals surface area contributed by atoms with Gasteiger partial charge < -0.3 is 0 Å². The number of benzene rings is 2. The summed E-state index contributed by atoms with van der Waals surface area (Å²) in [4.78, 5) is 13.1. The Bertz CT molecular complexity index is 1940. The molecule has 7 rings (SSSR count). The van der Waals surface area contributed by atoms with Crippen molar-refractivity contribution < 1.29 is 22.0 Å². The smallest absolute Gasteiger partial charge is 0.251 e. The average molecular weight is 568 g/mol. The maximum Gasteiger partial charge on any atom is 0.435 e. The van der Waals surface area contributed by atoms with Gasteiger partial charge in [-0.15, -0.1) is 0 Å². The van der Waals surface area contributed by atoms with E-state index in [-0.39, 0.29) is 17.1 Å². The standard InChI is InChI=1S/C32H18F5N5/c33-28-16-15-21(30(34)40-28)24-11-5-12-25(38-24)31(22-9-3-1-7-19(22)20-8-2-4-10-23(20)31)26-13-6-14-29(39-26)42-18-17-27(41-42)32(35,36)37/h1-18H. The van der Waals surface area contributed by atoms with Gasteiger partial charge in [-0.05, 0) is 64.7 Å². The second kappa shape index (κ2) is 9.41. The fraction of sp³-hybridized carbons (Fsp3) is 0.0625. The summed E-state index contributed by atoms with van der Waals surface area (Å²) >= 11 is 0. The van der Waals surface area contributed by atoms with Crippen molar-refractivity contribution in [1.82, 2.24) is 24.7 Å². The molecule has 42 heavy (non-hydrogen) atoms. The van der Waals surface area contributed by atoms with Crippen LogP contribution in [0.2, 0.25) is 0 Å². The number of hydrogen-bond acceptors (Lipinski definition) is 4. The van der Waals surface area contributed by atoms with Crippen LogP contribution < -0.4 is 0 Å². The summed E-state index contributed by atoms with van der Waals surface area (Å²) < 4.78 is 69.4. The van der Waals surface area contributed by atoms with Gasteiger partial charge in [0.05, 0.1) is 22.6 Å². The van der Waals surface area contributed by atoms with Crippen molar-refractivity contribution in [2.45, 2.75) is 11.6 Å². The summed E-state index contributed by atoms with van der Waals surface area (Å²) in [5.41, 5.74) is 2.59. The number of rotatable bonds is 4. The SMILES string of the molecule is Fc1ccc(-c2cccc(C3(c4cccc(-n5ccc(C(F)(F)F)n5)n4)c4ccccc4-c4ccccc43)n2)c(F)n1. The van der Waals surface area contributed by atoms with Crippen molar-refractivity contribution in [2.75, 3.05) is 0 Å². The van der Waals surface area contributed by atoms with Crippen LogP contribution in [0.4, 0.5) is 22.0 Å². The molecule has 0 amide bonds. The van der Waals surface area contributed by atoms with Crippen molar-refractivity contribution in [3.63, 3.8) is 0 Å². The Kier molecular flexibility index (Phi) is 5.76. The normalized spacial score (nSPS) is 13.5. The van der Waals surface area contributed by atoms with Crippen LogP contribution in [0, 0.1) is 11.9 Å². The van der Waals surface area contributed by atoms with Crippen LogP contribution in [-0.2, 0) is 11.6 Å². The van der Waals surface area contributed by atoms with Crippen molar-refractivity contribution in [3.8, 4) is 28.2 Å². The molecule has 0 saturated carbocycles. The molecule has 5 nitrogen and oxygen atoms in total. The van der Waals surface area contributed by atoms with Gasteiger partial charge in [0.1, 0.15) is 5.41 Å². The Morgan fingerprint density at radius 3 is 1.88 bits per heavy atom. The predicted molar refractivity (Wildman–Crippen MR) is 145 cm³/mol. The summed E-state index contributed by atoms with van der Waals surface area (Å²) in [5.74, 6) is -1.77. The highest BCUT2D eigenvalue weighted by Gasteiger charge is 2.48. The summed E-state index contributed by atoms with van der Waals surface area (Å²) in [6.07, 6.45) is -3.40. The molecule has 0 bridgehead atoms. The topological polar surface area (TPSA) is 56.5 Å². The number of nitrogens with zero attached hydrogens (tertiary/aromatic N) is 5. The minimum atomic E-state index is -4.61. The summed E-state index contributed by atoms with van der Waals surface area (Å²) in [7, 11) is 0. The molecule has 206 valence electrons. The summed E-state index contributed by atoms with van der Waals surface area (Å²) in [5, 5.41) is 3.71. The van der Waals surface area contributed by atoms with Crippen LogP contribution in [0.3, 0.4) is 0 Å². The Hall–Kier alpha value is -5.25. The molecule has 0 atom stereocenters. The minimum Gasteiger partial charge on any atom is -0.251 e. The zero-order chi connectivity index (χ0) is 29.1. The zero-order valence-electron chi connectivity index (χ0n) is 21.5. The number of hydrogen-bond donors (Lipinski definition) is 0. The second-order valence-corrected chi connectivity index (χ2v) is 9.75. The first-order valence-electron chi connectivity index (χ1n) is 12.9. The highest BCUT2D eigenvalue weighted by atomic mass is 19.4. The Morgan fingerprint density at radius 2 is 1.24 bits per heavy atom. The van der Waals surface area contributed by atoms with E-state index in [0.717, 1.165) is 39.1 Å². The van der Waals surface area contributed by atoms with Crippen LogP contribution in [0.1, 0.15) is 28.2 Å². The molecular formula is C32H18F5N5. The number of halogens is 5. The lowest BCUT2D eigenvalue weighted by atomic mass is 9.72. The maximum atomic E-state index is 14.8. The van der Waals surface area contributed by atoms with Crippen molar-refractivity contribution in [3.05, 3.63) is 149 Å². The van der Waals surface area contributed by atoms with E-state index in [1.54, 1.807) is 36.4 Å². The molecule has 0 N–H and O–H groups in total. The quantitative estimate of drug-likeness (QED) is 0.165. The molecule has 0 aliphatic heterocycles. The van der Waals surface area contributed by atoms with Gasteiger partial charge in [0.15, 0.2) is 11.5 Å². The lowest BCUT2D eigenvalue weighted by Crippen LogP contribution is -2.31. The van der Waals surface area contributed by atoms with Gasteiger partial charge in [-0.25, -0.2) is 9.67 Å². The average Bonchev–Trinajstić information content (AvgIpc) is 3.61. The largest absolute Gasteiger partial charge is 0.435 e. The number of aromatic nitrogens is 5. The molecule has 0 saturated heterocycles. The van der Waals surface area contributed by atoms with Crippen molar-refractivity contribution >= 4 is 0 Å². The molecule has 6 aromatic rings. The van der Waals surface area contributed by atoms with E-state index < -0.39 is 29.2 Å². The molecule has 0 unspecified atom stereocenters. The highest BCUT2D eigenvalue weighted by Crippen LogP contribution is 2.55. The third kappa shape index (κ3) is 3.90. The van der Waals surface area contributed by atoms with Gasteiger partial charge in [-0.2, -0.15) is 32.0 Å². The minimum absolute atomic E-state index is 0.0194. The van der Waals surface area contributed by atoms with Crippen LogP contribution in [0.5, 0.6) is 0 Å². The number of pyridine rings is 3. The Balaban J connectivity index is 1.51. The van der Waals surface area contributed by atoms with Crippen LogP contribution in [-0.4, -0.2) is 24.7 Å². The molecule has 4 heterocycles. The van der Waals surface area contributed by atoms with Gasteiger partial charge in [0, 0.05) is 6.20 Å². The molecule has 1 aliphatic carbocycles. The fourth-order valence-corrected chi connectivity index (χ4v) is 5.68. The van der Waals surface area contributed by atoms with Crippen LogP contribution >= 0.6 is 0 Å². The Morgan fingerprint density at radius 1 is 0.595 bits per heavy atom. The van der Waals surface area contributed by atoms with Gasteiger partial charge in [0.25, 0.3) is 0 Å². The highest BCUT2D eigenvalue weighted by molar-refractivity contribution is 5.85. The monoisotopic (exact) mass is 567 g/mol. The van der Waals surface area contributed by atoms with E-state index in [9.17, 15) is 22.0 Å². The van der Waals surface area contributed by atoms with E-state index in [2.05, 4.69) is 10.1 Å². The van der Waals surface area contributed by atoms with Crippen molar-refractivity contribution in [2.24, 2.45) is 0 Å². The third-order valence-electron chi connectivity index (χ3n) is 7.41. The molecule has 0 spiro atoms. The van der Waals surface area contributed by atoms with E-state index in [1.165, 1.54) is 12.3 Å². The molecule has 0 fully saturated rings. The Labute approximate surface area is 236 Å². The maximum absolute atomic E-state index is 14.8. The number of fused-ring (bicyclic) bond motifs is 3. The lowest BCUT2D eigenvalue weighted by Gasteiger charge is -2.32. The van der Waals surface area contributed by atoms with E-state index in [4.69, 9.17) is 9.97 Å². The molecule has 10 heteroatoms. The van der Waals surface area contributed by atoms with Gasteiger partial charge in [0.2, 0.25) is 11.9 Å². The van der Waals surface area contributed by atoms with E-state index >= 15 is 0 Å². The summed E-state index contributed by atoms with van der Waals surface area (Å²) in [6, 6.07) is 28.9. The molecule has 1 aliphatic rings. The predicted octanol–water partition coefficient (Wildman–Crippen LogP) is 7.38. The first-order valence-corrected chi connectivity index (χ1v) is 12.9. The van der Waals surface area contributed by atoms with Crippen molar-refractivity contribution in [1.29, 1.82) is 0 Å². The second-order valence-electron chi connectivity index (χ2n) is 9.75. The first-order chi connectivity index (χ1) is 20.3. The van der Waals surface area contributed by atoms with Gasteiger partial charge >= 0.3 is 6.18 Å². The third-order valence-corrected chi connectivity index (χ3v) is 7.41. The van der Waals surface area contributed by atoms with Gasteiger partial charge in [-0.3, -0.25) is 4.98 Å². The lowest BCUT2D eigenvalue weighted by molar-refractivity contribution is -0.141. The fourth-order valence-electron chi connectivity index (χ4n) is 5.68. The van der Waals surface area contributed by atoms with Crippen LogP contribution in [0.15, 0.2) is 109 Å². The molecule has 2 aromatic carbocycles. The van der Waals surface area contributed by atoms with Gasteiger partial charge in [-0.1, -0.05) is 60.7 Å². The van der Waals surface area contributed by atoms with E-state index in [1.807, 2.05) is 48.5 Å². The summed E-state index contributed by atoms with van der Waals surface area (Å²) in [6.45, 7) is 0. The van der Waals surface area contributed by atoms with Crippen LogP contribution in [0.25, 0.3) is 28.2 Å². The zero-order valence-corrected chi connectivity index (χ0v) is 21.5. The molecule has 0 radical (unpaired) electrons. The van der Waals surface area contributed by atoms with E-state index in [0.29, 0.717) is 11.4 Å². The molecule has 4 aromatic heterocycles.